The first-order valence-electron chi connectivity index (χ1n) is 4.38. The number of alkyl halides is 1. The van der Waals surface area contributed by atoms with Crippen LogP contribution in [0.4, 0.5) is 4.39 Å². The molecule has 0 N–H and O–H groups in total. The van der Waals surface area contributed by atoms with Crippen molar-refractivity contribution in [3.05, 3.63) is 29.0 Å². The lowest BCUT2D eigenvalue weighted by Crippen LogP contribution is -1.97. The van der Waals surface area contributed by atoms with Crippen molar-refractivity contribution in [2.45, 2.75) is 12.8 Å². The van der Waals surface area contributed by atoms with Crippen LogP contribution in [0.5, 0.6) is 5.75 Å². The Morgan fingerprint density at radius 3 is 2.79 bits per heavy atom. The first-order valence-corrected chi connectivity index (χ1v) is 5.88. The number of benzene rings is 1. The number of halogens is 3. The fraction of sp³-hybridized carbons (Fsp3) is 0.400. The Morgan fingerprint density at radius 1 is 1.36 bits per heavy atom. The molecule has 0 unspecified atom stereocenters. The zero-order valence-corrected chi connectivity index (χ0v) is 9.94. The number of hydrogen-bond donors (Lipinski definition) is 0. The quantitative estimate of drug-likeness (QED) is 0.585. The summed E-state index contributed by atoms with van der Waals surface area (Å²) in [5.74, 6) is 0.199. The van der Waals surface area contributed by atoms with E-state index in [4.69, 9.17) is 16.3 Å². The summed E-state index contributed by atoms with van der Waals surface area (Å²) < 4.78 is 18.1. The third kappa shape index (κ3) is 3.84. The van der Waals surface area contributed by atoms with E-state index in [9.17, 15) is 4.39 Å². The van der Waals surface area contributed by atoms with Crippen LogP contribution >= 0.6 is 27.5 Å². The van der Waals surface area contributed by atoms with Crippen molar-refractivity contribution in [1.82, 2.24) is 0 Å². The SMILES string of the molecule is Fc1ccc(OCCCCBr)cc1Cl. The fourth-order valence-electron chi connectivity index (χ4n) is 0.953. The van der Waals surface area contributed by atoms with Gasteiger partial charge in [-0.3, -0.25) is 0 Å². The van der Waals surface area contributed by atoms with Crippen molar-refractivity contribution < 1.29 is 9.13 Å². The first-order chi connectivity index (χ1) is 6.74. The van der Waals surface area contributed by atoms with Gasteiger partial charge in [-0.25, -0.2) is 4.39 Å². The maximum atomic E-state index is 12.7. The van der Waals surface area contributed by atoms with Gasteiger partial charge in [-0.1, -0.05) is 27.5 Å². The van der Waals surface area contributed by atoms with Crippen molar-refractivity contribution in [3.8, 4) is 5.75 Å². The molecule has 0 saturated carbocycles. The molecule has 1 nitrogen and oxygen atoms in total. The van der Waals surface area contributed by atoms with Gasteiger partial charge in [0.25, 0.3) is 0 Å². The Kier molecular flexibility index (Phi) is 5.26. The van der Waals surface area contributed by atoms with E-state index in [0.717, 1.165) is 18.2 Å². The van der Waals surface area contributed by atoms with Crippen LogP contribution in [0.1, 0.15) is 12.8 Å². The van der Waals surface area contributed by atoms with Gasteiger partial charge in [0, 0.05) is 11.4 Å². The van der Waals surface area contributed by atoms with Gasteiger partial charge < -0.3 is 4.74 Å². The van der Waals surface area contributed by atoms with Crippen LogP contribution in [0.3, 0.4) is 0 Å². The summed E-state index contributed by atoms with van der Waals surface area (Å²) in [4.78, 5) is 0. The standard InChI is InChI=1S/C10H11BrClFO/c11-5-1-2-6-14-8-3-4-10(13)9(12)7-8/h3-4,7H,1-2,5-6H2. The Balaban J connectivity index is 2.39. The molecular weight excluding hydrogens is 270 g/mol. The van der Waals surface area contributed by atoms with Gasteiger partial charge in [0.15, 0.2) is 0 Å². The van der Waals surface area contributed by atoms with Gasteiger partial charge in [-0.2, -0.15) is 0 Å². The summed E-state index contributed by atoms with van der Waals surface area (Å²) in [6.45, 7) is 0.633. The molecule has 0 aliphatic rings. The second-order valence-corrected chi connectivity index (χ2v) is 4.02. The first kappa shape index (κ1) is 11.8. The van der Waals surface area contributed by atoms with E-state index in [0.29, 0.717) is 12.4 Å². The highest BCUT2D eigenvalue weighted by atomic mass is 79.9. The van der Waals surface area contributed by atoms with Gasteiger partial charge in [-0.15, -0.1) is 0 Å². The van der Waals surface area contributed by atoms with E-state index in [2.05, 4.69) is 15.9 Å². The summed E-state index contributed by atoms with van der Waals surface area (Å²) in [7, 11) is 0. The number of ether oxygens (including phenoxy) is 1. The average molecular weight is 282 g/mol. The van der Waals surface area contributed by atoms with Crippen LogP contribution in [0.15, 0.2) is 18.2 Å². The molecule has 14 heavy (non-hydrogen) atoms. The van der Waals surface area contributed by atoms with Gasteiger partial charge in [-0.05, 0) is 25.0 Å². The number of hydrogen-bond acceptors (Lipinski definition) is 1. The van der Waals surface area contributed by atoms with Crippen molar-refractivity contribution >= 4 is 27.5 Å². The molecule has 4 heteroatoms. The van der Waals surface area contributed by atoms with Gasteiger partial charge >= 0.3 is 0 Å². The second-order valence-electron chi connectivity index (χ2n) is 2.82. The molecule has 0 saturated heterocycles. The molecule has 0 heterocycles. The predicted octanol–water partition coefficient (Wildman–Crippen LogP) is 4.03. The van der Waals surface area contributed by atoms with Crippen LogP contribution in [0.2, 0.25) is 5.02 Å². The molecule has 1 aromatic carbocycles. The lowest BCUT2D eigenvalue weighted by atomic mass is 10.3. The number of rotatable bonds is 5. The summed E-state index contributed by atoms with van der Waals surface area (Å²) in [5.41, 5.74) is 0. The van der Waals surface area contributed by atoms with E-state index in [-0.39, 0.29) is 5.02 Å². The van der Waals surface area contributed by atoms with E-state index in [1.54, 1.807) is 6.07 Å². The van der Waals surface area contributed by atoms with E-state index >= 15 is 0 Å². The fourth-order valence-corrected chi connectivity index (χ4v) is 1.52. The minimum absolute atomic E-state index is 0.1000. The third-order valence-corrected chi connectivity index (χ3v) is 2.54. The molecule has 0 amide bonds. The van der Waals surface area contributed by atoms with Crippen molar-refractivity contribution in [3.63, 3.8) is 0 Å². The van der Waals surface area contributed by atoms with Crippen LogP contribution < -0.4 is 4.74 Å². The van der Waals surface area contributed by atoms with Crippen molar-refractivity contribution in [1.29, 1.82) is 0 Å². The lowest BCUT2D eigenvalue weighted by Gasteiger charge is -2.05. The summed E-state index contributed by atoms with van der Waals surface area (Å²) in [6.07, 6.45) is 2.04. The van der Waals surface area contributed by atoms with Gasteiger partial charge in [0.2, 0.25) is 0 Å². The van der Waals surface area contributed by atoms with Crippen LogP contribution in [-0.2, 0) is 0 Å². The zero-order chi connectivity index (χ0) is 10.4. The monoisotopic (exact) mass is 280 g/mol. The largest absolute Gasteiger partial charge is 0.494 e. The average Bonchev–Trinajstić information content (AvgIpc) is 2.18. The second kappa shape index (κ2) is 6.25. The molecule has 0 atom stereocenters. The molecular formula is C10H11BrClFO. The molecule has 0 radical (unpaired) electrons. The maximum Gasteiger partial charge on any atom is 0.142 e. The van der Waals surface area contributed by atoms with Crippen molar-refractivity contribution in [2.24, 2.45) is 0 Å². The summed E-state index contributed by atoms with van der Waals surface area (Å²) in [6, 6.07) is 4.38. The highest BCUT2D eigenvalue weighted by molar-refractivity contribution is 9.09. The predicted molar refractivity (Wildman–Crippen MR) is 59.9 cm³/mol. The minimum atomic E-state index is -0.417. The Hall–Kier alpha value is -0.280. The molecule has 78 valence electrons. The molecule has 0 aromatic heterocycles. The van der Waals surface area contributed by atoms with Crippen LogP contribution in [0.25, 0.3) is 0 Å². The maximum absolute atomic E-state index is 12.7. The van der Waals surface area contributed by atoms with E-state index in [1.165, 1.54) is 12.1 Å². The van der Waals surface area contributed by atoms with E-state index < -0.39 is 5.82 Å². The lowest BCUT2D eigenvalue weighted by molar-refractivity contribution is 0.309. The molecule has 1 rings (SSSR count). The third-order valence-electron chi connectivity index (χ3n) is 1.69. The Morgan fingerprint density at radius 2 is 2.14 bits per heavy atom. The molecule has 0 aliphatic heterocycles. The highest BCUT2D eigenvalue weighted by Gasteiger charge is 2.00. The molecule has 0 aliphatic carbocycles. The van der Waals surface area contributed by atoms with E-state index in [1.807, 2.05) is 0 Å². The van der Waals surface area contributed by atoms with Gasteiger partial charge in [0.1, 0.15) is 11.6 Å². The molecule has 1 aromatic rings. The smallest absolute Gasteiger partial charge is 0.142 e. The topological polar surface area (TPSA) is 9.23 Å². The molecule has 0 bridgehead atoms. The minimum Gasteiger partial charge on any atom is -0.494 e. The Bertz CT molecular complexity index is 293. The van der Waals surface area contributed by atoms with Gasteiger partial charge in [0.05, 0.1) is 11.6 Å². The van der Waals surface area contributed by atoms with Crippen LogP contribution in [-0.4, -0.2) is 11.9 Å². The zero-order valence-electron chi connectivity index (χ0n) is 7.60. The molecule has 0 spiro atoms. The van der Waals surface area contributed by atoms with Crippen molar-refractivity contribution in [2.75, 3.05) is 11.9 Å². The highest BCUT2D eigenvalue weighted by Crippen LogP contribution is 2.21. The summed E-state index contributed by atoms with van der Waals surface area (Å²) >= 11 is 8.92. The number of unbranched alkanes of at least 4 members (excludes halogenated alkanes) is 1. The molecule has 0 fully saturated rings. The normalized spacial score (nSPS) is 10.2. The van der Waals surface area contributed by atoms with Crippen LogP contribution in [0, 0.1) is 5.82 Å². The Labute approximate surface area is 96.3 Å². The summed E-state index contributed by atoms with van der Waals surface area (Å²) in [5, 5.41) is 1.07.